The quantitative estimate of drug-likeness (QED) is 0.571. The summed E-state index contributed by atoms with van der Waals surface area (Å²) in [4.78, 5) is 10.8. The van der Waals surface area contributed by atoms with Crippen LogP contribution >= 0.6 is 45.8 Å². The van der Waals surface area contributed by atoms with E-state index in [1.54, 1.807) is 6.07 Å². The molecule has 1 nitrogen and oxygen atoms in total. The van der Waals surface area contributed by atoms with Crippen LogP contribution in [0.4, 0.5) is 0 Å². The van der Waals surface area contributed by atoms with E-state index in [1.165, 1.54) is 0 Å². The second-order valence-corrected chi connectivity index (χ2v) is 4.32. The zero-order valence-electron chi connectivity index (χ0n) is 6.20. The first kappa shape index (κ1) is 10.3. The van der Waals surface area contributed by atoms with Crippen molar-refractivity contribution in [1.29, 1.82) is 0 Å². The van der Waals surface area contributed by atoms with E-state index in [2.05, 4.69) is 22.6 Å². The molecular formula is C8H5Cl2IO. The average Bonchev–Trinajstić information content (AvgIpc) is 1.96. The highest BCUT2D eigenvalue weighted by Gasteiger charge is 2.10. The number of aryl methyl sites for hydroxylation is 1. The van der Waals surface area contributed by atoms with Gasteiger partial charge >= 0.3 is 0 Å². The van der Waals surface area contributed by atoms with Crippen LogP contribution in [0.5, 0.6) is 0 Å². The van der Waals surface area contributed by atoms with E-state index < -0.39 is 5.24 Å². The highest BCUT2D eigenvalue weighted by molar-refractivity contribution is 14.1. The molecule has 0 N–H and O–H groups in total. The number of benzene rings is 1. The predicted octanol–water partition coefficient (Wildman–Crippen LogP) is 3.63. The van der Waals surface area contributed by atoms with Crippen LogP contribution < -0.4 is 0 Å². The molecule has 0 amide bonds. The Morgan fingerprint density at radius 3 is 2.58 bits per heavy atom. The standard InChI is InChI=1S/C8H5Cl2IO/c1-4-2-5(11)3-6(7(4)9)8(10)12/h2-3H,1H3. The van der Waals surface area contributed by atoms with Gasteiger partial charge in [0.15, 0.2) is 0 Å². The topological polar surface area (TPSA) is 17.1 Å². The molecule has 4 heteroatoms. The molecule has 0 aliphatic heterocycles. The first-order chi connectivity index (χ1) is 5.52. The minimum absolute atomic E-state index is 0.378. The van der Waals surface area contributed by atoms with Crippen LogP contribution in [0.1, 0.15) is 15.9 Å². The Hall–Kier alpha value is 0.200. The molecule has 0 bridgehead atoms. The van der Waals surface area contributed by atoms with Crippen LogP contribution in [0, 0.1) is 10.5 Å². The second kappa shape index (κ2) is 3.94. The molecule has 0 saturated heterocycles. The summed E-state index contributed by atoms with van der Waals surface area (Å²) in [6.45, 7) is 1.84. The molecule has 0 spiro atoms. The number of hydrogen-bond acceptors (Lipinski definition) is 1. The number of hydrogen-bond donors (Lipinski definition) is 0. The van der Waals surface area contributed by atoms with Crippen LogP contribution in [-0.2, 0) is 0 Å². The summed E-state index contributed by atoms with van der Waals surface area (Å²) in [5, 5.41) is -0.0722. The fraction of sp³-hybridized carbons (Fsp3) is 0.125. The lowest BCUT2D eigenvalue weighted by molar-refractivity contribution is 0.108. The normalized spacial score (nSPS) is 10.0. The van der Waals surface area contributed by atoms with Crippen molar-refractivity contribution in [3.05, 3.63) is 31.9 Å². The van der Waals surface area contributed by atoms with Crippen molar-refractivity contribution in [2.24, 2.45) is 0 Å². The van der Waals surface area contributed by atoms with Gasteiger partial charge in [0.1, 0.15) is 0 Å². The van der Waals surface area contributed by atoms with Crippen molar-refractivity contribution in [3.63, 3.8) is 0 Å². The van der Waals surface area contributed by atoms with Crippen molar-refractivity contribution in [2.45, 2.75) is 6.92 Å². The summed E-state index contributed by atoms with van der Waals surface area (Å²) in [5.41, 5.74) is 1.25. The van der Waals surface area contributed by atoms with Gasteiger partial charge in [0.05, 0.1) is 10.6 Å². The van der Waals surface area contributed by atoms with Crippen molar-refractivity contribution < 1.29 is 4.79 Å². The minimum Gasteiger partial charge on any atom is -0.276 e. The molecule has 0 radical (unpaired) electrons. The highest BCUT2D eigenvalue weighted by atomic mass is 127. The van der Waals surface area contributed by atoms with Crippen LogP contribution in [0.3, 0.4) is 0 Å². The van der Waals surface area contributed by atoms with Gasteiger partial charge in [-0.15, -0.1) is 0 Å². The van der Waals surface area contributed by atoms with Gasteiger partial charge < -0.3 is 0 Å². The lowest BCUT2D eigenvalue weighted by Gasteiger charge is -2.02. The summed E-state index contributed by atoms with van der Waals surface area (Å²) in [5.74, 6) is 0. The number of carbonyl (C=O) groups is 1. The maximum atomic E-state index is 10.8. The third-order valence-corrected chi connectivity index (χ3v) is 2.76. The van der Waals surface area contributed by atoms with E-state index >= 15 is 0 Å². The van der Waals surface area contributed by atoms with Gasteiger partial charge in [-0.25, -0.2) is 0 Å². The smallest absolute Gasteiger partial charge is 0.253 e. The summed E-state index contributed by atoms with van der Waals surface area (Å²) in [6.07, 6.45) is 0. The fourth-order valence-corrected chi connectivity index (χ4v) is 2.04. The largest absolute Gasteiger partial charge is 0.276 e. The Balaban J connectivity index is 3.37. The van der Waals surface area contributed by atoms with Crippen LogP contribution in [0.2, 0.25) is 5.02 Å². The Bertz CT molecular complexity index is 336. The third kappa shape index (κ3) is 2.12. The highest BCUT2D eigenvalue weighted by Crippen LogP contribution is 2.24. The third-order valence-electron chi connectivity index (χ3n) is 1.43. The Labute approximate surface area is 94.2 Å². The molecule has 0 fully saturated rings. The minimum atomic E-state index is -0.512. The summed E-state index contributed by atoms with van der Waals surface area (Å²) in [7, 11) is 0. The monoisotopic (exact) mass is 314 g/mol. The zero-order valence-corrected chi connectivity index (χ0v) is 9.87. The van der Waals surface area contributed by atoms with Gasteiger partial charge in [-0.2, -0.15) is 0 Å². The molecule has 64 valence electrons. The van der Waals surface area contributed by atoms with Gasteiger partial charge in [-0.05, 0) is 58.8 Å². The number of halogens is 3. The van der Waals surface area contributed by atoms with E-state index in [-0.39, 0.29) is 0 Å². The van der Waals surface area contributed by atoms with E-state index in [1.807, 2.05) is 13.0 Å². The van der Waals surface area contributed by atoms with Crippen LogP contribution in [0.25, 0.3) is 0 Å². The molecule has 0 saturated carbocycles. The van der Waals surface area contributed by atoms with Crippen LogP contribution in [0.15, 0.2) is 12.1 Å². The molecule has 0 aliphatic rings. The lowest BCUT2D eigenvalue weighted by Crippen LogP contribution is -1.93. The predicted molar refractivity (Wildman–Crippen MR) is 59.1 cm³/mol. The van der Waals surface area contributed by atoms with Crippen molar-refractivity contribution in [2.75, 3.05) is 0 Å². The van der Waals surface area contributed by atoms with Gasteiger partial charge in [0.2, 0.25) is 0 Å². The summed E-state index contributed by atoms with van der Waals surface area (Å²) in [6, 6.07) is 3.57. The van der Waals surface area contributed by atoms with Gasteiger partial charge in [0.25, 0.3) is 5.24 Å². The first-order valence-electron chi connectivity index (χ1n) is 3.18. The Morgan fingerprint density at radius 2 is 2.08 bits per heavy atom. The van der Waals surface area contributed by atoms with Gasteiger partial charge in [-0.1, -0.05) is 11.6 Å². The summed E-state index contributed by atoms with van der Waals surface area (Å²) < 4.78 is 0.957. The van der Waals surface area contributed by atoms with E-state index in [9.17, 15) is 4.79 Å². The first-order valence-corrected chi connectivity index (χ1v) is 5.01. The van der Waals surface area contributed by atoms with Crippen LogP contribution in [-0.4, -0.2) is 5.24 Å². The molecule has 0 atom stereocenters. The lowest BCUT2D eigenvalue weighted by atomic mass is 10.1. The molecule has 0 heterocycles. The molecule has 0 aromatic heterocycles. The molecule has 1 rings (SSSR count). The maximum Gasteiger partial charge on any atom is 0.253 e. The molecule has 12 heavy (non-hydrogen) atoms. The zero-order chi connectivity index (χ0) is 9.30. The van der Waals surface area contributed by atoms with Crippen molar-refractivity contribution >= 4 is 51.0 Å². The second-order valence-electron chi connectivity index (χ2n) is 2.36. The number of carbonyl (C=O) groups excluding carboxylic acids is 1. The molecular weight excluding hydrogens is 310 g/mol. The Morgan fingerprint density at radius 1 is 1.50 bits per heavy atom. The molecule has 0 unspecified atom stereocenters. The molecule has 1 aromatic rings. The maximum absolute atomic E-state index is 10.8. The SMILES string of the molecule is Cc1cc(I)cc(C(=O)Cl)c1Cl. The van der Waals surface area contributed by atoms with Crippen molar-refractivity contribution in [1.82, 2.24) is 0 Å². The molecule has 1 aromatic carbocycles. The molecule has 0 aliphatic carbocycles. The van der Waals surface area contributed by atoms with E-state index in [4.69, 9.17) is 23.2 Å². The average molecular weight is 315 g/mol. The Kier molecular flexibility index (Phi) is 3.37. The van der Waals surface area contributed by atoms with E-state index in [0.29, 0.717) is 10.6 Å². The summed E-state index contributed by atoms with van der Waals surface area (Å²) >= 11 is 13.3. The van der Waals surface area contributed by atoms with Crippen molar-refractivity contribution in [3.8, 4) is 0 Å². The number of rotatable bonds is 1. The fourth-order valence-electron chi connectivity index (χ4n) is 0.869. The van der Waals surface area contributed by atoms with Gasteiger partial charge in [-0.3, -0.25) is 4.79 Å². The van der Waals surface area contributed by atoms with E-state index in [0.717, 1.165) is 9.13 Å². The van der Waals surface area contributed by atoms with Gasteiger partial charge in [0, 0.05) is 3.57 Å².